The van der Waals surface area contributed by atoms with Crippen molar-refractivity contribution in [3.63, 3.8) is 0 Å². The van der Waals surface area contributed by atoms with E-state index in [1.165, 1.54) is 22.7 Å². The van der Waals surface area contributed by atoms with Gasteiger partial charge in [-0.3, -0.25) is 4.79 Å². The molecule has 0 bridgehead atoms. The zero-order chi connectivity index (χ0) is 19.5. The minimum absolute atomic E-state index is 0.172. The molecular formula is C21H24N4OS2. The maximum absolute atomic E-state index is 12.6. The lowest BCUT2D eigenvalue weighted by molar-refractivity contribution is -0.132. The highest BCUT2D eigenvalue weighted by Gasteiger charge is 2.29. The van der Waals surface area contributed by atoms with Gasteiger partial charge in [0.1, 0.15) is 5.82 Å². The van der Waals surface area contributed by atoms with Crippen LogP contribution in [0.15, 0.2) is 41.8 Å². The van der Waals surface area contributed by atoms with Crippen LogP contribution in [-0.2, 0) is 17.6 Å². The average Bonchev–Trinajstić information content (AvgIpc) is 3.35. The molecule has 1 atom stereocenters. The summed E-state index contributed by atoms with van der Waals surface area (Å²) >= 11 is 3.10. The minimum atomic E-state index is 0.172. The quantitative estimate of drug-likeness (QED) is 0.640. The van der Waals surface area contributed by atoms with Gasteiger partial charge in [-0.15, -0.1) is 11.3 Å². The molecule has 28 heavy (non-hydrogen) atoms. The number of rotatable bonds is 5. The zero-order valence-corrected chi connectivity index (χ0v) is 17.8. The summed E-state index contributed by atoms with van der Waals surface area (Å²) in [6.07, 6.45) is 1.26. The monoisotopic (exact) mass is 412 g/mol. The predicted octanol–water partition coefficient (Wildman–Crippen LogP) is 3.78. The largest absolute Gasteiger partial charge is 0.343 e. The van der Waals surface area contributed by atoms with Crippen molar-refractivity contribution in [2.24, 2.45) is 0 Å². The summed E-state index contributed by atoms with van der Waals surface area (Å²) < 4.78 is 4.55. The normalized spacial score (nSPS) is 17.1. The lowest BCUT2D eigenvalue weighted by atomic mass is 10.1. The van der Waals surface area contributed by atoms with E-state index < -0.39 is 0 Å². The first-order valence-electron chi connectivity index (χ1n) is 9.53. The maximum Gasteiger partial charge on any atom is 0.228 e. The fourth-order valence-corrected chi connectivity index (χ4v) is 4.91. The number of hydrogen-bond donors (Lipinski definition) is 0. The van der Waals surface area contributed by atoms with Gasteiger partial charge in [0.05, 0.1) is 6.42 Å². The third-order valence-electron chi connectivity index (χ3n) is 5.06. The molecule has 5 nitrogen and oxygen atoms in total. The third kappa shape index (κ3) is 4.42. The van der Waals surface area contributed by atoms with Crippen LogP contribution in [0.25, 0.3) is 0 Å². The van der Waals surface area contributed by atoms with Gasteiger partial charge in [0.25, 0.3) is 0 Å². The topological polar surface area (TPSA) is 49.3 Å². The summed E-state index contributed by atoms with van der Waals surface area (Å²) in [6.45, 7) is 6.55. The second-order valence-electron chi connectivity index (χ2n) is 7.29. The van der Waals surface area contributed by atoms with Crippen LogP contribution in [0.2, 0.25) is 0 Å². The molecule has 7 heteroatoms. The van der Waals surface area contributed by atoms with Gasteiger partial charge in [-0.2, -0.15) is 4.37 Å². The van der Waals surface area contributed by atoms with Crippen molar-refractivity contribution in [2.75, 3.05) is 24.5 Å². The summed E-state index contributed by atoms with van der Waals surface area (Å²) in [5.74, 6) is 1.08. The second-order valence-corrected chi connectivity index (χ2v) is 9.06. The number of aryl methyl sites for hydroxylation is 1. The predicted molar refractivity (Wildman–Crippen MR) is 115 cm³/mol. The highest BCUT2D eigenvalue weighted by atomic mass is 32.1. The Morgan fingerprint density at radius 2 is 2.04 bits per heavy atom. The van der Waals surface area contributed by atoms with Crippen molar-refractivity contribution < 1.29 is 4.79 Å². The van der Waals surface area contributed by atoms with Gasteiger partial charge in [0.2, 0.25) is 11.0 Å². The molecule has 2 aromatic heterocycles. The molecule has 1 aromatic carbocycles. The molecule has 0 unspecified atom stereocenters. The van der Waals surface area contributed by atoms with E-state index >= 15 is 0 Å². The van der Waals surface area contributed by atoms with Gasteiger partial charge in [0, 0.05) is 48.5 Å². The van der Waals surface area contributed by atoms with E-state index in [-0.39, 0.29) is 11.9 Å². The Morgan fingerprint density at radius 3 is 2.75 bits per heavy atom. The Hall–Kier alpha value is -2.25. The summed E-state index contributed by atoms with van der Waals surface area (Å²) in [4.78, 5) is 22.8. The molecule has 1 aliphatic heterocycles. The number of nitrogens with zero attached hydrogens (tertiary/aromatic N) is 4. The molecule has 3 aromatic rings. The number of piperazine rings is 1. The molecule has 1 fully saturated rings. The molecule has 1 amide bonds. The van der Waals surface area contributed by atoms with Crippen molar-refractivity contribution in [3.05, 3.63) is 63.6 Å². The first-order valence-corrected chi connectivity index (χ1v) is 11.2. The smallest absolute Gasteiger partial charge is 0.228 e. The van der Waals surface area contributed by atoms with Gasteiger partial charge >= 0.3 is 0 Å². The van der Waals surface area contributed by atoms with E-state index in [1.807, 2.05) is 22.4 Å². The Morgan fingerprint density at radius 1 is 1.21 bits per heavy atom. The van der Waals surface area contributed by atoms with Gasteiger partial charge in [-0.25, -0.2) is 4.98 Å². The van der Waals surface area contributed by atoms with Gasteiger partial charge < -0.3 is 9.80 Å². The van der Waals surface area contributed by atoms with Gasteiger partial charge in [-0.1, -0.05) is 35.9 Å². The number of amides is 1. The third-order valence-corrected chi connectivity index (χ3v) is 6.76. The summed E-state index contributed by atoms with van der Waals surface area (Å²) in [5.41, 5.74) is 2.49. The number of aromatic nitrogens is 2. The van der Waals surface area contributed by atoms with Crippen LogP contribution < -0.4 is 4.90 Å². The van der Waals surface area contributed by atoms with Crippen LogP contribution in [-0.4, -0.2) is 45.8 Å². The number of carbonyl (C=O) groups excluding carboxylic acids is 1. The number of benzene rings is 1. The van der Waals surface area contributed by atoms with Crippen LogP contribution in [0, 0.1) is 6.92 Å². The molecule has 0 N–H and O–H groups in total. The minimum Gasteiger partial charge on any atom is -0.343 e. The number of anilines is 1. The van der Waals surface area contributed by atoms with Crippen molar-refractivity contribution in [1.29, 1.82) is 0 Å². The first kappa shape index (κ1) is 19.1. The molecular weight excluding hydrogens is 388 g/mol. The Kier molecular flexibility index (Phi) is 5.73. The Balaban J connectivity index is 1.35. The summed E-state index contributed by atoms with van der Waals surface area (Å²) in [7, 11) is 0. The molecule has 0 saturated carbocycles. The lowest BCUT2D eigenvalue weighted by Gasteiger charge is -2.39. The fraction of sp³-hybridized carbons (Fsp3) is 0.381. The van der Waals surface area contributed by atoms with E-state index in [2.05, 4.69) is 47.4 Å². The Bertz CT molecular complexity index is 920. The zero-order valence-electron chi connectivity index (χ0n) is 16.2. The van der Waals surface area contributed by atoms with Gasteiger partial charge in [-0.05, 0) is 30.9 Å². The SMILES string of the molecule is Cc1ccc(Cc2nsc(N3CCN(C(=O)Cc4cccs4)[C@H](C)C3)n2)cc1. The standard InChI is InChI=1S/C21H24N4OS2/c1-15-5-7-17(8-6-15)12-19-22-21(28-23-19)24-9-10-25(16(2)14-24)20(26)13-18-4-3-11-27-18/h3-8,11,16H,9-10,12-14H2,1-2H3/t16-/m1/s1. The van der Waals surface area contributed by atoms with E-state index in [0.29, 0.717) is 6.42 Å². The second kappa shape index (κ2) is 8.41. The lowest BCUT2D eigenvalue weighted by Crippen LogP contribution is -2.54. The van der Waals surface area contributed by atoms with E-state index in [1.54, 1.807) is 11.3 Å². The maximum atomic E-state index is 12.6. The van der Waals surface area contributed by atoms with E-state index in [4.69, 9.17) is 4.98 Å². The summed E-state index contributed by atoms with van der Waals surface area (Å²) in [6, 6.07) is 12.7. The average molecular weight is 413 g/mol. The molecule has 4 rings (SSSR count). The van der Waals surface area contributed by atoms with E-state index in [0.717, 1.165) is 41.9 Å². The first-order chi connectivity index (χ1) is 13.6. The van der Waals surface area contributed by atoms with Crippen LogP contribution in [0.3, 0.4) is 0 Å². The molecule has 1 aliphatic rings. The molecule has 146 valence electrons. The van der Waals surface area contributed by atoms with Crippen molar-refractivity contribution >= 4 is 33.9 Å². The van der Waals surface area contributed by atoms with Crippen molar-refractivity contribution in [1.82, 2.24) is 14.3 Å². The molecule has 0 spiro atoms. The highest BCUT2D eigenvalue weighted by molar-refractivity contribution is 7.10. The number of thiophene rings is 1. The molecule has 3 heterocycles. The van der Waals surface area contributed by atoms with Crippen molar-refractivity contribution in [3.8, 4) is 0 Å². The number of carbonyl (C=O) groups is 1. The van der Waals surface area contributed by atoms with Crippen LogP contribution in [0.4, 0.5) is 5.13 Å². The molecule has 0 aliphatic carbocycles. The van der Waals surface area contributed by atoms with Crippen LogP contribution >= 0.6 is 22.9 Å². The molecule has 1 saturated heterocycles. The summed E-state index contributed by atoms with van der Waals surface area (Å²) in [5, 5.41) is 2.98. The fourth-order valence-electron chi connectivity index (χ4n) is 3.50. The Labute approximate surface area is 173 Å². The van der Waals surface area contributed by atoms with Crippen LogP contribution in [0.1, 0.15) is 28.8 Å². The highest BCUT2D eigenvalue weighted by Crippen LogP contribution is 2.23. The molecule has 0 radical (unpaired) electrons. The number of hydrogen-bond acceptors (Lipinski definition) is 6. The van der Waals surface area contributed by atoms with Crippen molar-refractivity contribution in [2.45, 2.75) is 32.7 Å². The van der Waals surface area contributed by atoms with Crippen LogP contribution in [0.5, 0.6) is 0 Å². The van der Waals surface area contributed by atoms with Gasteiger partial charge in [0.15, 0.2) is 0 Å². The van der Waals surface area contributed by atoms with E-state index in [9.17, 15) is 4.79 Å².